The van der Waals surface area contributed by atoms with E-state index in [0.29, 0.717) is 11.6 Å². The summed E-state index contributed by atoms with van der Waals surface area (Å²) in [5, 5.41) is 3.82. The molecule has 2 heterocycles. The molecule has 1 aliphatic rings. The van der Waals surface area contributed by atoms with E-state index < -0.39 is 6.09 Å². The van der Waals surface area contributed by atoms with Crippen LogP contribution in [0.4, 0.5) is 4.79 Å². The summed E-state index contributed by atoms with van der Waals surface area (Å²) in [4.78, 5) is 16.4. The molecule has 2 aromatic heterocycles. The van der Waals surface area contributed by atoms with Gasteiger partial charge < -0.3 is 19.4 Å². The standard InChI is InChI=1S/C25H23N3O3/c1-30-24-21-16-23(17-6-3-2-4-7-17)28(22(21)14-15-26-24)19-10-12-20(13-11-19)31-25(29)27-18-8-5-9-18/h2-4,6-7,10-16,18H,5,8-9H2,1H3,(H,27,29). The maximum atomic E-state index is 12.1. The minimum atomic E-state index is -0.398. The minimum Gasteiger partial charge on any atom is -0.481 e. The van der Waals surface area contributed by atoms with Crippen LogP contribution in [-0.4, -0.2) is 28.8 Å². The maximum Gasteiger partial charge on any atom is 0.412 e. The zero-order valence-electron chi connectivity index (χ0n) is 17.2. The number of ether oxygens (including phenoxy) is 2. The lowest BCUT2D eigenvalue weighted by molar-refractivity contribution is 0.188. The molecule has 1 fully saturated rings. The smallest absolute Gasteiger partial charge is 0.412 e. The molecule has 0 radical (unpaired) electrons. The first kappa shape index (κ1) is 19.2. The number of benzene rings is 2. The predicted octanol–water partition coefficient (Wildman–Crippen LogP) is 5.34. The Labute approximate surface area is 180 Å². The van der Waals surface area contributed by atoms with Gasteiger partial charge in [-0.05, 0) is 61.2 Å². The van der Waals surface area contributed by atoms with E-state index in [1.54, 1.807) is 13.3 Å². The number of carbonyl (C=O) groups is 1. The summed E-state index contributed by atoms with van der Waals surface area (Å²) in [5.41, 5.74) is 4.05. The molecule has 2 aromatic carbocycles. The van der Waals surface area contributed by atoms with Crippen LogP contribution < -0.4 is 14.8 Å². The average Bonchev–Trinajstić information content (AvgIpc) is 3.17. The van der Waals surface area contributed by atoms with Crippen molar-refractivity contribution in [2.75, 3.05) is 7.11 Å². The van der Waals surface area contributed by atoms with Gasteiger partial charge in [0, 0.05) is 17.9 Å². The summed E-state index contributed by atoms with van der Waals surface area (Å²) >= 11 is 0. The quantitative estimate of drug-likeness (QED) is 0.479. The number of nitrogens with zero attached hydrogens (tertiary/aromatic N) is 2. The highest BCUT2D eigenvalue weighted by atomic mass is 16.6. The van der Waals surface area contributed by atoms with Crippen LogP contribution in [0.1, 0.15) is 19.3 Å². The van der Waals surface area contributed by atoms with Crippen molar-refractivity contribution in [1.29, 1.82) is 0 Å². The molecule has 4 aromatic rings. The molecule has 31 heavy (non-hydrogen) atoms. The van der Waals surface area contributed by atoms with Crippen molar-refractivity contribution in [2.45, 2.75) is 25.3 Å². The number of rotatable bonds is 5. The fraction of sp³-hybridized carbons (Fsp3) is 0.200. The first-order chi connectivity index (χ1) is 15.2. The van der Waals surface area contributed by atoms with Gasteiger partial charge in [-0.3, -0.25) is 0 Å². The van der Waals surface area contributed by atoms with Crippen LogP contribution in [0.5, 0.6) is 11.6 Å². The van der Waals surface area contributed by atoms with E-state index in [1.165, 1.54) is 0 Å². The molecule has 6 nitrogen and oxygen atoms in total. The lowest BCUT2D eigenvalue weighted by Crippen LogP contribution is -2.41. The average molecular weight is 413 g/mol. The van der Waals surface area contributed by atoms with Gasteiger partial charge in [-0.1, -0.05) is 30.3 Å². The van der Waals surface area contributed by atoms with Gasteiger partial charge in [-0.15, -0.1) is 0 Å². The van der Waals surface area contributed by atoms with Crippen molar-refractivity contribution in [2.24, 2.45) is 0 Å². The third-order valence-electron chi connectivity index (χ3n) is 5.69. The lowest BCUT2D eigenvalue weighted by Gasteiger charge is -2.25. The highest BCUT2D eigenvalue weighted by molar-refractivity contribution is 5.92. The topological polar surface area (TPSA) is 65.4 Å². The Hall–Kier alpha value is -3.80. The largest absolute Gasteiger partial charge is 0.481 e. The number of fused-ring (bicyclic) bond motifs is 1. The monoisotopic (exact) mass is 413 g/mol. The predicted molar refractivity (Wildman–Crippen MR) is 120 cm³/mol. The van der Waals surface area contributed by atoms with Gasteiger partial charge in [0.1, 0.15) is 5.75 Å². The molecular formula is C25H23N3O3. The number of nitrogens with one attached hydrogen (secondary N) is 1. The Morgan fingerprint density at radius 1 is 1.06 bits per heavy atom. The van der Waals surface area contributed by atoms with Crippen molar-refractivity contribution < 1.29 is 14.3 Å². The third kappa shape index (κ3) is 3.72. The first-order valence-electron chi connectivity index (χ1n) is 10.4. The van der Waals surface area contributed by atoms with Crippen molar-refractivity contribution in [3.05, 3.63) is 72.9 Å². The second kappa shape index (κ2) is 8.14. The number of amides is 1. The zero-order valence-corrected chi connectivity index (χ0v) is 17.2. The summed E-state index contributed by atoms with van der Waals surface area (Å²) in [6.07, 6.45) is 4.55. The lowest BCUT2D eigenvalue weighted by atomic mass is 9.93. The second-order valence-corrected chi connectivity index (χ2v) is 7.64. The van der Waals surface area contributed by atoms with Crippen LogP contribution in [0.2, 0.25) is 0 Å². The molecule has 1 saturated carbocycles. The van der Waals surface area contributed by atoms with E-state index in [2.05, 4.69) is 33.1 Å². The molecule has 0 atom stereocenters. The van der Waals surface area contributed by atoms with Crippen LogP contribution in [0.3, 0.4) is 0 Å². The molecule has 1 amide bonds. The van der Waals surface area contributed by atoms with E-state index in [9.17, 15) is 4.79 Å². The van der Waals surface area contributed by atoms with Gasteiger partial charge in [-0.25, -0.2) is 9.78 Å². The van der Waals surface area contributed by atoms with Crippen molar-refractivity contribution in [3.8, 4) is 28.6 Å². The van der Waals surface area contributed by atoms with Gasteiger partial charge >= 0.3 is 6.09 Å². The van der Waals surface area contributed by atoms with Gasteiger partial charge in [0.25, 0.3) is 0 Å². The van der Waals surface area contributed by atoms with Crippen molar-refractivity contribution in [1.82, 2.24) is 14.9 Å². The zero-order chi connectivity index (χ0) is 21.2. The first-order valence-corrected chi connectivity index (χ1v) is 10.4. The number of hydrogen-bond donors (Lipinski definition) is 1. The summed E-state index contributed by atoms with van der Waals surface area (Å²) < 4.78 is 13.1. The normalized spacial score (nSPS) is 13.6. The Kier molecular flexibility index (Phi) is 5.04. The Balaban J connectivity index is 1.52. The second-order valence-electron chi connectivity index (χ2n) is 7.64. The summed E-state index contributed by atoms with van der Waals surface area (Å²) in [6.45, 7) is 0. The Morgan fingerprint density at radius 3 is 2.52 bits per heavy atom. The van der Waals surface area contributed by atoms with Crippen molar-refractivity contribution in [3.63, 3.8) is 0 Å². The van der Waals surface area contributed by atoms with Crippen LogP contribution in [0.25, 0.3) is 27.8 Å². The molecule has 0 aliphatic heterocycles. The van der Waals surface area contributed by atoms with E-state index in [1.807, 2.05) is 48.5 Å². The van der Waals surface area contributed by atoms with E-state index >= 15 is 0 Å². The summed E-state index contributed by atoms with van der Waals surface area (Å²) in [5.74, 6) is 1.10. The molecule has 0 spiro atoms. The molecule has 0 bridgehead atoms. The number of methoxy groups -OCH3 is 1. The highest BCUT2D eigenvalue weighted by Crippen LogP contribution is 2.35. The van der Waals surface area contributed by atoms with Crippen LogP contribution in [0, 0.1) is 0 Å². The van der Waals surface area contributed by atoms with Crippen LogP contribution in [0.15, 0.2) is 72.9 Å². The number of aromatic nitrogens is 2. The Bertz CT molecular complexity index is 1210. The van der Waals surface area contributed by atoms with Gasteiger partial charge in [0.15, 0.2) is 0 Å². The number of pyridine rings is 1. The van der Waals surface area contributed by atoms with Crippen LogP contribution >= 0.6 is 0 Å². The minimum absolute atomic E-state index is 0.245. The molecule has 5 rings (SSSR count). The Morgan fingerprint density at radius 2 is 1.84 bits per heavy atom. The fourth-order valence-electron chi connectivity index (χ4n) is 3.89. The fourth-order valence-corrected chi connectivity index (χ4v) is 3.89. The van der Waals surface area contributed by atoms with Gasteiger partial charge in [0.05, 0.1) is 23.7 Å². The molecule has 0 saturated heterocycles. The van der Waals surface area contributed by atoms with Gasteiger partial charge in [0.2, 0.25) is 5.88 Å². The molecule has 1 aliphatic carbocycles. The molecular weight excluding hydrogens is 390 g/mol. The molecule has 0 unspecified atom stereocenters. The summed E-state index contributed by atoms with van der Waals surface area (Å²) in [6, 6.07) is 22.0. The summed E-state index contributed by atoms with van der Waals surface area (Å²) in [7, 11) is 1.63. The van der Waals surface area contributed by atoms with E-state index in [0.717, 1.165) is 47.1 Å². The van der Waals surface area contributed by atoms with E-state index in [-0.39, 0.29) is 6.04 Å². The SMILES string of the molecule is COc1nccc2c1cc(-c1ccccc1)n2-c1ccc(OC(=O)NC2CCC2)cc1. The van der Waals surface area contributed by atoms with E-state index in [4.69, 9.17) is 9.47 Å². The molecule has 1 N–H and O–H groups in total. The number of hydrogen-bond acceptors (Lipinski definition) is 4. The number of carbonyl (C=O) groups excluding carboxylic acids is 1. The van der Waals surface area contributed by atoms with Crippen LogP contribution in [-0.2, 0) is 0 Å². The molecule has 156 valence electrons. The molecule has 6 heteroatoms. The maximum absolute atomic E-state index is 12.1. The highest BCUT2D eigenvalue weighted by Gasteiger charge is 2.20. The van der Waals surface area contributed by atoms with Crippen molar-refractivity contribution >= 4 is 17.0 Å². The third-order valence-corrected chi connectivity index (χ3v) is 5.69. The van der Waals surface area contributed by atoms with Gasteiger partial charge in [-0.2, -0.15) is 0 Å².